The zero-order valence-electron chi connectivity index (χ0n) is 16.2. The first-order valence-corrected chi connectivity index (χ1v) is 10.9. The second kappa shape index (κ2) is 9.03. The maximum Gasteiger partial charge on any atom is 0.233 e. The molecule has 2 heterocycles. The molecule has 1 aromatic heterocycles. The Bertz CT molecular complexity index is 975. The Morgan fingerprint density at radius 3 is 2.41 bits per heavy atom. The molecule has 3 rings (SSSR count). The van der Waals surface area contributed by atoms with Gasteiger partial charge in [0.2, 0.25) is 16.0 Å². The van der Waals surface area contributed by atoms with E-state index in [2.05, 4.69) is 55.8 Å². The molecule has 2 aromatic rings. The summed E-state index contributed by atoms with van der Waals surface area (Å²) in [6, 6.07) is 10.2. The molecule has 1 atom stereocenters. The minimum Gasteiger partial charge on any atom is -0.371 e. The number of benzene rings is 1. The summed E-state index contributed by atoms with van der Waals surface area (Å²) in [6.07, 6.45) is 4.49. The van der Waals surface area contributed by atoms with E-state index in [-0.39, 0.29) is 12.1 Å². The Morgan fingerprint density at radius 2 is 1.86 bits per heavy atom. The van der Waals surface area contributed by atoms with Crippen molar-refractivity contribution in [2.45, 2.75) is 31.8 Å². The molecular formula is C20H24N6O2S. The van der Waals surface area contributed by atoms with E-state index < -0.39 is 10.0 Å². The van der Waals surface area contributed by atoms with Crippen LogP contribution in [0.25, 0.3) is 0 Å². The fourth-order valence-corrected chi connectivity index (χ4v) is 4.04. The van der Waals surface area contributed by atoms with Crippen LogP contribution in [0.4, 0.5) is 11.6 Å². The summed E-state index contributed by atoms with van der Waals surface area (Å²) < 4.78 is 25.9. The lowest BCUT2D eigenvalue weighted by Crippen LogP contribution is -2.44. The maximum absolute atomic E-state index is 11.6. The smallest absolute Gasteiger partial charge is 0.233 e. The van der Waals surface area contributed by atoms with Crippen LogP contribution < -0.4 is 14.9 Å². The van der Waals surface area contributed by atoms with E-state index in [9.17, 15) is 8.42 Å². The zero-order chi connectivity index (χ0) is 20.9. The van der Waals surface area contributed by atoms with Gasteiger partial charge in [0.1, 0.15) is 6.07 Å². The Balaban J connectivity index is 1.56. The van der Waals surface area contributed by atoms with Crippen LogP contribution in [0, 0.1) is 11.3 Å². The number of hydrogen-bond acceptors (Lipinski definition) is 7. The molecule has 0 amide bonds. The van der Waals surface area contributed by atoms with Gasteiger partial charge in [-0.3, -0.25) is 0 Å². The first-order valence-electron chi connectivity index (χ1n) is 9.38. The van der Waals surface area contributed by atoms with Crippen LogP contribution in [-0.2, 0) is 10.0 Å². The first-order chi connectivity index (χ1) is 13.9. The molecule has 152 valence electrons. The third-order valence-electron chi connectivity index (χ3n) is 4.93. The molecule has 0 saturated carbocycles. The number of aromatic nitrogens is 2. The molecule has 1 aliphatic heterocycles. The van der Waals surface area contributed by atoms with E-state index in [1.807, 2.05) is 13.0 Å². The second-order valence-electron chi connectivity index (χ2n) is 6.96. The van der Waals surface area contributed by atoms with E-state index in [1.165, 1.54) is 12.4 Å². The van der Waals surface area contributed by atoms with Crippen molar-refractivity contribution >= 4 is 21.7 Å². The van der Waals surface area contributed by atoms with E-state index in [1.54, 1.807) is 0 Å². The van der Waals surface area contributed by atoms with Gasteiger partial charge in [0, 0.05) is 30.2 Å². The Labute approximate surface area is 171 Å². The molecule has 1 aliphatic rings. The van der Waals surface area contributed by atoms with E-state index in [0.717, 1.165) is 42.6 Å². The number of rotatable bonds is 7. The lowest BCUT2D eigenvalue weighted by Gasteiger charge is -2.33. The quantitative estimate of drug-likeness (QED) is 0.719. The van der Waals surface area contributed by atoms with Crippen LogP contribution >= 0.6 is 0 Å². The van der Waals surface area contributed by atoms with E-state index in [4.69, 9.17) is 5.26 Å². The van der Waals surface area contributed by atoms with Crippen LogP contribution in [-0.4, -0.2) is 37.5 Å². The van der Waals surface area contributed by atoms with E-state index in [0.29, 0.717) is 11.5 Å². The number of nitriles is 1. The molecule has 0 radical (unpaired) electrons. The van der Waals surface area contributed by atoms with Gasteiger partial charge in [-0.15, -0.1) is 0 Å². The fourth-order valence-electron chi connectivity index (χ4n) is 3.25. The van der Waals surface area contributed by atoms with Crippen molar-refractivity contribution in [2.24, 2.45) is 0 Å². The minimum atomic E-state index is -3.38. The summed E-state index contributed by atoms with van der Waals surface area (Å²) in [5.74, 6) is 0.477. The number of sulfonamides is 1. The summed E-state index contributed by atoms with van der Waals surface area (Å²) in [6.45, 7) is 6.93. The summed E-state index contributed by atoms with van der Waals surface area (Å²) in [5.41, 5.74) is 2.63. The molecule has 29 heavy (non-hydrogen) atoms. The Kier molecular flexibility index (Phi) is 6.46. The molecular weight excluding hydrogens is 388 g/mol. The van der Waals surface area contributed by atoms with Crippen molar-refractivity contribution < 1.29 is 8.42 Å². The highest BCUT2D eigenvalue weighted by molar-refractivity contribution is 7.92. The SMILES string of the molecule is C=CS(=O)(=O)NC1CCN(c2ccc([C@H](C)Nc3ncc(C#N)cn3)cc2)CC1. The van der Waals surface area contributed by atoms with Crippen molar-refractivity contribution in [1.82, 2.24) is 14.7 Å². The summed E-state index contributed by atoms with van der Waals surface area (Å²) in [7, 11) is -3.38. The second-order valence-corrected chi connectivity index (χ2v) is 8.61. The molecule has 8 nitrogen and oxygen atoms in total. The summed E-state index contributed by atoms with van der Waals surface area (Å²) in [5, 5.41) is 13.0. The number of anilines is 2. The van der Waals surface area contributed by atoms with Gasteiger partial charge < -0.3 is 10.2 Å². The van der Waals surface area contributed by atoms with Gasteiger partial charge in [0.05, 0.1) is 24.0 Å². The Morgan fingerprint density at radius 1 is 1.24 bits per heavy atom. The monoisotopic (exact) mass is 412 g/mol. The number of nitrogens with one attached hydrogen (secondary N) is 2. The molecule has 0 aliphatic carbocycles. The summed E-state index contributed by atoms with van der Waals surface area (Å²) in [4.78, 5) is 10.5. The number of nitrogens with zero attached hydrogens (tertiary/aromatic N) is 4. The van der Waals surface area contributed by atoms with Gasteiger partial charge in [-0.2, -0.15) is 5.26 Å². The van der Waals surface area contributed by atoms with Crippen molar-refractivity contribution in [2.75, 3.05) is 23.3 Å². The van der Waals surface area contributed by atoms with Crippen molar-refractivity contribution in [3.05, 3.63) is 59.8 Å². The van der Waals surface area contributed by atoms with Gasteiger partial charge in [-0.05, 0) is 37.5 Å². The highest BCUT2D eigenvalue weighted by Gasteiger charge is 2.22. The van der Waals surface area contributed by atoms with Crippen molar-refractivity contribution in [3.63, 3.8) is 0 Å². The predicted molar refractivity (Wildman–Crippen MR) is 113 cm³/mol. The normalized spacial score (nSPS) is 16.1. The third kappa shape index (κ3) is 5.53. The first kappa shape index (κ1) is 20.8. The molecule has 2 N–H and O–H groups in total. The Hall–Kier alpha value is -2.96. The molecule has 1 aromatic carbocycles. The lowest BCUT2D eigenvalue weighted by atomic mass is 10.0. The predicted octanol–water partition coefficient (Wildman–Crippen LogP) is 2.55. The van der Waals surface area contributed by atoms with Crippen LogP contribution in [0.15, 0.2) is 48.6 Å². The van der Waals surface area contributed by atoms with Gasteiger partial charge >= 0.3 is 0 Å². The lowest BCUT2D eigenvalue weighted by molar-refractivity contribution is 0.462. The number of piperidine rings is 1. The maximum atomic E-state index is 11.6. The highest BCUT2D eigenvalue weighted by Crippen LogP contribution is 2.24. The van der Waals surface area contributed by atoms with Gasteiger partial charge in [-0.1, -0.05) is 18.7 Å². The largest absolute Gasteiger partial charge is 0.371 e. The number of hydrogen-bond donors (Lipinski definition) is 2. The van der Waals surface area contributed by atoms with Gasteiger partial charge in [0.15, 0.2) is 0 Å². The molecule has 9 heteroatoms. The topological polar surface area (TPSA) is 111 Å². The van der Waals surface area contributed by atoms with Crippen LogP contribution in [0.1, 0.15) is 36.9 Å². The minimum absolute atomic E-state index is 0.0102. The standard InChI is InChI=1S/C20H24N6O2S/c1-3-29(27,28)25-18-8-10-26(11-9-18)19-6-4-17(5-7-19)15(2)24-20-22-13-16(12-21)14-23-20/h3-7,13-15,18,25H,1,8-11H2,2H3,(H,22,23,24)/t15-/m0/s1. The molecule has 0 spiro atoms. The van der Waals surface area contributed by atoms with Gasteiger partial charge in [0.25, 0.3) is 0 Å². The summed E-state index contributed by atoms with van der Waals surface area (Å²) >= 11 is 0. The molecule has 1 saturated heterocycles. The van der Waals surface area contributed by atoms with E-state index >= 15 is 0 Å². The van der Waals surface area contributed by atoms with Crippen molar-refractivity contribution in [3.8, 4) is 6.07 Å². The highest BCUT2D eigenvalue weighted by atomic mass is 32.2. The average molecular weight is 413 g/mol. The average Bonchev–Trinajstić information content (AvgIpc) is 2.75. The third-order valence-corrected chi connectivity index (χ3v) is 6.03. The van der Waals surface area contributed by atoms with Crippen LogP contribution in [0.2, 0.25) is 0 Å². The van der Waals surface area contributed by atoms with Crippen LogP contribution in [0.3, 0.4) is 0 Å². The fraction of sp³-hybridized carbons (Fsp3) is 0.350. The molecule has 0 bridgehead atoms. The molecule has 0 unspecified atom stereocenters. The molecule has 1 fully saturated rings. The van der Waals surface area contributed by atoms with Crippen molar-refractivity contribution in [1.29, 1.82) is 5.26 Å². The zero-order valence-corrected chi connectivity index (χ0v) is 17.1. The van der Waals surface area contributed by atoms with Gasteiger partial charge in [-0.25, -0.2) is 23.1 Å². The van der Waals surface area contributed by atoms with Crippen LogP contribution in [0.5, 0.6) is 0 Å².